The average Bonchev–Trinajstić information content (AvgIpc) is 2.68. The standard InChI is InChI=1S/C22H16ClNO2/c23-18-12-7-13-19(14-18)24-20(22(26)17-10-5-2-6-11-17)15-21(25)16-8-3-1-4-9-16/h1-15,24H/b20-15+. The van der Waals surface area contributed by atoms with Crippen LogP contribution in [0.15, 0.2) is 96.7 Å². The molecule has 0 aromatic heterocycles. The highest BCUT2D eigenvalue weighted by Crippen LogP contribution is 2.19. The van der Waals surface area contributed by atoms with Crippen molar-refractivity contribution in [3.8, 4) is 0 Å². The molecule has 0 unspecified atom stereocenters. The maximum atomic E-state index is 12.9. The van der Waals surface area contributed by atoms with Gasteiger partial charge in [-0.05, 0) is 18.2 Å². The van der Waals surface area contributed by atoms with E-state index in [0.717, 1.165) is 0 Å². The molecule has 3 rings (SSSR count). The molecule has 3 aromatic carbocycles. The van der Waals surface area contributed by atoms with Crippen LogP contribution in [0, 0.1) is 0 Å². The van der Waals surface area contributed by atoms with Crippen LogP contribution in [0.3, 0.4) is 0 Å². The lowest BCUT2D eigenvalue weighted by atomic mass is 10.0. The second-order valence-electron chi connectivity index (χ2n) is 5.62. The molecule has 0 saturated heterocycles. The number of anilines is 1. The van der Waals surface area contributed by atoms with Crippen LogP contribution in [0.4, 0.5) is 5.69 Å². The van der Waals surface area contributed by atoms with Crippen LogP contribution in [0.25, 0.3) is 0 Å². The van der Waals surface area contributed by atoms with E-state index in [1.165, 1.54) is 6.08 Å². The summed E-state index contributed by atoms with van der Waals surface area (Å²) >= 11 is 6.02. The van der Waals surface area contributed by atoms with Crippen molar-refractivity contribution in [3.63, 3.8) is 0 Å². The van der Waals surface area contributed by atoms with Crippen molar-refractivity contribution in [3.05, 3.63) is 113 Å². The van der Waals surface area contributed by atoms with Gasteiger partial charge in [0.25, 0.3) is 0 Å². The third-order valence-corrected chi connectivity index (χ3v) is 3.95. The van der Waals surface area contributed by atoms with Crippen LogP contribution in [0.2, 0.25) is 5.02 Å². The maximum absolute atomic E-state index is 12.9. The van der Waals surface area contributed by atoms with Gasteiger partial charge in [-0.1, -0.05) is 78.3 Å². The Kier molecular flexibility index (Phi) is 5.62. The number of benzene rings is 3. The normalized spacial score (nSPS) is 11.0. The number of Topliss-reactive ketones (excluding diaryl/α,β-unsaturated/α-hetero) is 1. The average molecular weight is 362 g/mol. The van der Waals surface area contributed by atoms with Gasteiger partial charge in [-0.25, -0.2) is 0 Å². The first kappa shape index (κ1) is 17.6. The number of nitrogens with one attached hydrogen (secondary N) is 1. The zero-order valence-electron chi connectivity index (χ0n) is 13.9. The van der Waals surface area contributed by atoms with Gasteiger partial charge >= 0.3 is 0 Å². The van der Waals surface area contributed by atoms with Crippen LogP contribution >= 0.6 is 11.6 Å². The summed E-state index contributed by atoms with van der Waals surface area (Å²) in [6.45, 7) is 0. The van der Waals surface area contributed by atoms with Crippen LogP contribution in [-0.2, 0) is 0 Å². The first-order valence-corrected chi connectivity index (χ1v) is 8.45. The van der Waals surface area contributed by atoms with Gasteiger partial charge in [0, 0.05) is 27.9 Å². The molecule has 3 aromatic rings. The number of allylic oxidation sites excluding steroid dienone is 2. The summed E-state index contributed by atoms with van der Waals surface area (Å²) in [4.78, 5) is 25.4. The highest BCUT2D eigenvalue weighted by atomic mass is 35.5. The smallest absolute Gasteiger partial charge is 0.209 e. The van der Waals surface area contributed by atoms with Gasteiger partial charge in [-0.3, -0.25) is 9.59 Å². The minimum atomic E-state index is -0.269. The molecule has 0 fully saturated rings. The Hall–Kier alpha value is -3.17. The van der Waals surface area contributed by atoms with Gasteiger partial charge < -0.3 is 5.32 Å². The molecule has 0 aliphatic heterocycles. The lowest BCUT2D eigenvalue weighted by Gasteiger charge is -2.11. The highest BCUT2D eigenvalue weighted by Gasteiger charge is 2.15. The molecule has 0 heterocycles. The predicted octanol–water partition coefficient (Wildman–Crippen LogP) is 5.40. The Balaban J connectivity index is 1.97. The first-order chi connectivity index (χ1) is 12.6. The second-order valence-corrected chi connectivity index (χ2v) is 6.06. The summed E-state index contributed by atoms with van der Waals surface area (Å²) in [6, 6.07) is 24.6. The molecule has 0 spiro atoms. The molecule has 0 radical (unpaired) electrons. The molecule has 128 valence electrons. The van der Waals surface area contributed by atoms with Gasteiger partial charge in [0.1, 0.15) is 0 Å². The molecule has 0 saturated carbocycles. The number of halogens is 1. The molecule has 0 bridgehead atoms. The summed E-state index contributed by atoms with van der Waals surface area (Å²) in [6.07, 6.45) is 1.32. The van der Waals surface area contributed by atoms with E-state index in [-0.39, 0.29) is 17.3 Å². The highest BCUT2D eigenvalue weighted by molar-refractivity contribution is 6.30. The quantitative estimate of drug-likeness (QED) is 0.472. The summed E-state index contributed by atoms with van der Waals surface area (Å²) < 4.78 is 0. The van der Waals surface area contributed by atoms with E-state index in [1.807, 2.05) is 12.1 Å². The SMILES string of the molecule is O=C(/C=C(/Nc1cccc(Cl)c1)C(=O)c1ccccc1)c1ccccc1. The van der Waals surface area contributed by atoms with E-state index in [0.29, 0.717) is 21.8 Å². The fraction of sp³-hybridized carbons (Fsp3) is 0. The number of hydrogen-bond acceptors (Lipinski definition) is 3. The Morgan fingerprint density at radius 2 is 1.38 bits per heavy atom. The number of carbonyl (C=O) groups excluding carboxylic acids is 2. The zero-order chi connectivity index (χ0) is 18.4. The predicted molar refractivity (Wildman–Crippen MR) is 105 cm³/mol. The van der Waals surface area contributed by atoms with Gasteiger partial charge in [0.05, 0.1) is 5.70 Å². The third-order valence-electron chi connectivity index (χ3n) is 3.72. The molecule has 0 amide bonds. The van der Waals surface area contributed by atoms with Crippen molar-refractivity contribution in [1.29, 1.82) is 0 Å². The van der Waals surface area contributed by atoms with E-state index in [4.69, 9.17) is 11.6 Å². The summed E-state index contributed by atoms with van der Waals surface area (Å²) in [5, 5.41) is 3.56. The molecular weight excluding hydrogens is 346 g/mol. The van der Waals surface area contributed by atoms with Crippen LogP contribution < -0.4 is 5.32 Å². The number of carbonyl (C=O) groups is 2. The summed E-state index contributed by atoms with van der Waals surface area (Å²) in [5.41, 5.74) is 1.83. The molecule has 0 aliphatic carbocycles. The van der Waals surface area contributed by atoms with Gasteiger partial charge in [-0.2, -0.15) is 0 Å². The summed E-state index contributed by atoms with van der Waals surface area (Å²) in [5.74, 6) is -0.519. The number of rotatable bonds is 6. The van der Waals surface area contributed by atoms with Crippen molar-refractivity contribution in [1.82, 2.24) is 0 Å². The van der Waals surface area contributed by atoms with E-state index in [2.05, 4.69) is 5.32 Å². The van der Waals surface area contributed by atoms with E-state index in [1.54, 1.807) is 72.8 Å². The fourth-order valence-electron chi connectivity index (χ4n) is 2.44. The lowest BCUT2D eigenvalue weighted by molar-refractivity contribution is 0.101. The van der Waals surface area contributed by atoms with Crippen LogP contribution in [-0.4, -0.2) is 11.6 Å². The Labute approximate surface area is 156 Å². The molecule has 0 atom stereocenters. The second kappa shape index (κ2) is 8.28. The third kappa shape index (κ3) is 4.47. The van der Waals surface area contributed by atoms with Gasteiger partial charge in [-0.15, -0.1) is 0 Å². The Bertz CT molecular complexity index is 950. The Morgan fingerprint density at radius 3 is 2.00 bits per heavy atom. The fourth-order valence-corrected chi connectivity index (χ4v) is 2.63. The minimum Gasteiger partial charge on any atom is -0.352 e. The first-order valence-electron chi connectivity index (χ1n) is 8.07. The molecule has 0 aliphatic rings. The van der Waals surface area contributed by atoms with Crippen LogP contribution in [0.5, 0.6) is 0 Å². The number of hydrogen-bond donors (Lipinski definition) is 1. The molecule has 26 heavy (non-hydrogen) atoms. The lowest BCUT2D eigenvalue weighted by Crippen LogP contribution is -2.14. The molecule has 4 heteroatoms. The van der Waals surface area contributed by atoms with Crippen molar-refractivity contribution in [2.24, 2.45) is 0 Å². The minimum absolute atomic E-state index is 0.187. The number of ketones is 2. The molecule has 1 N–H and O–H groups in total. The van der Waals surface area contributed by atoms with E-state index >= 15 is 0 Å². The topological polar surface area (TPSA) is 46.2 Å². The van der Waals surface area contributed by atoms with Crippen molar-refractivity contribution in [2.75, 3.05) is 5.32 Å². The van der Waals surface area contributed by atoms with Crippen LogP contribution in [0.1, 0.15) is 20.7 Å². The Morgan fingerprint density at radius 1 is 0.769 bits per heavy atom. The van der Waals surface area contributed by atoms with Crippen molar-refractivity contribution >= 4 is 28.9 Å². The van der Waals surface area contributed by atoms with E-state index in [9.17, 15) is 9.59 Å². The van der Waals surface area contributed by atoms with Crippen molar-refractivity contribution in [2.45, 2.75) is 0 Å². The monoisotopic (exact) mass is 361 g/mol. The zero-order valence-corrected chi connectivity index (χ0v) is 14.6. The molecular formula is C22H16ClNO2. The molecule has 3 nitrogen and oxygen atoms in total. The summed E-state index contributed by atoms with van der Waals surface area (Å²) in [7, 11) is 0. The van der Waals surface area contributed by atoms with Crippen molar-refractivity contribution < 1.29 is 9.59 Å². The maximum Gasteiger partial charge on any atom is 0.209 e. The van der Waals surface area contributed by atoms with E-state index < -0.39 is 0 Å². The largest absolute Gasteiger partial charge is 0.352 e. The van der Waals surface area contributed by atoms with Gasteiger partial charge in [0.2, 0.25) is 5.78 Å². The van der Waals surface area contributed by atoms with Gasteiger partial charge in [0.15, 0.2) is 5.78 Å².